The first-order chi connectivity index (χ1) is 13.6. The molecule has 1 aromatic carbocycles. The Hall–Kier alpha value is -3.22. The first-order valence-corrected chi connectivity index (χ1v) is 9.16. The number of amides is 2. The lowest BCUT2D eigenvalue weighted by atomic mass is 10.0. The summed E-state index contributed by atoms with van der Waals surface area (Å²) in [6.45, 7) is 5.15. The molecule has 28 heavy (non-hydrogen) atoms. The molecule has 2 aromatic rings. The minimum Gasteiger partial charge on any atom is -0.493 e. The Morgan fingerprint density at radius 2 is 2.04 bits per heavy atom. The van der Waals surface area contributed by atoms with E-state index in [9.17, 15) is 9.59 Å². The molecule has 1 N–H and O–H groups in total. The summed E-state index contributed by atoms with van der Waals surface area (Å²) in [4.78, 5) is 26.7. The summed E-state index contributed by atoms with van der Waals surface area (Å²) in [5, 5.41) is 3.04. The molecule has 2 heterocycles. The summed E-state index contributed by atoms with van der Waals surface area (Å²) in [6, 6.07) is 6.75. The second-order valence-corrected chi connectivity index (χ2v) is 6.52. The zero-order valence-electron chi connectivity index (χ0n) is 15.8. The van der Waals surface area contributed by atoms with Gasteiger partial charge in [-0.1, -0.05) is 12.7 Å². The molecule has 1 fully saturated rings. The van der Waals surface area contributed by atoms with Gasteiger partial charge in [-0.2, -0.15) is 0 Å². The van der Waals surface area contributed by atoms with Gasteiger partial charge in [0.1, 0.15) is 12.9 Å². The standard InChI is InChI=1S/C21H24N2O5/c1-3-11-28-18-5-4-15(13-19(18)26-2)20(24)22-17-6-9-23(10-7-17)21(25)16-8-12-27-14-16/h3-5,8,12-14,17H,1,6-7,9-11H2,2H3,(H,22,24). The third-order valence-electron chi connectivity index (χ3n) is 4.67. The van der Waals surface area contributed by atoms with Crippen LogP contribution in [0.15, 0.2) is 53.9 Å². The van der Waals surface area contributed by atoms with Crippen LogP contribution < -0.4 is 14.8 Å². The normalized spacial score (nSPS) is 14.4. The summed E-state index contributed by atoms with van der Waals surface area (Å²) in [6.07, 6.45) is 5.98. The van der Waals surface area contributed by atoms with Gasteiger partial charge in [0.15, 0.2) is 11.5 Å². The molecule has 1 aromatic heterocycles. The van der Waals surface area contributed by atoms with Crippen molar-refractivity contribution in [3.8, 4) is 11.5 Å². The Bertz CT molecular complexity index is 823. The summed E-state index contributed by atoms with van der Waals surface area (Å²) >= 11 is 0. The molecule has 7 nitrogen and oxygen atoms in total. The van der Waals surface area contributed by atoms with Crippen LogP contribution in [0, 0.1) is 0 Å². The van der Waals surface area contributed by atoms with Gasteiger partial charge in [0, 0.05) is 24.7 Å². The number of methoxy groups -OCH3 is 1. The number of hydrogen-bond acceptors (Lipinski definition) is 5. The van der Waals surface area contributed by atoms with E-state index in [2.05, 4.69) is 11.9 Å². The third kappa shape index (κ3) is 4.54. The molecule has 1 aliphatic rings. The topological polar surface area (TPSA) is 81.0 Å². The Labute approximate surface area is 163 Å². The van der Waals surface area contributed by atoms with Gasteiger partial charge in [-0.3, -0.25) is 9.59 Å². The van der Waals surface area contributed by atoms with Crippen molar-refractivity contribution in [2.45, 2.75) is 18.9 Å². The largest absolute Gasteiger partial charge is 0.493 e. The van der Waals surface area contributed by atoms with Crippen LogP contribution >= 0.6 is 0 Å². The van der Waals surface area contributed by atoms with Crippen molar-refractivity contribution in [2.24, 2.45) is 0 Å². The maximum atomic E-state index is 12.6. The van der Waals surface area contributed by atoms with E-state index in [0.717, 1.165) is 0 Å². The van der Waals surface area contributed by atoms with Crippen LogP contribution in [-0.4, -0.2) is 49.6 Å². The summed E-state index contributed by atoms with van der Waals surface area (Å²) in [7, 11) is 1.53. The molecule has 0 spiro atoms. The molecule has 148 valence electrons. The molecule has 0 bridgehead atoms. The van der Waals surface area contributed by atoms with Crippen molar-refractivity contribution in [1.82, 2.24) is 10.2 Å². The first kappa shape index (κ1) is 19.5. The molecule has 0 radical (unpaired) electrons. The predicted octanol–water partition coefficient (Wildman–Crippen LogP) is 2.89. The van der Waals surface area contributed by atoms with Gasteiger partial charge >= 0.3 is 0 Å². The van der Waals surface area contributed by atoms with Gasteiger partial charge in [-0.15, -0.1) is 0 Å². The Morgan fingerprint density at radius 1 is 1.25 bits per heavy atom. The highest BCUT2D eigenvalue weighted by Crippen LogP contribution is 2.28. The smallest absolute Gasteiger partial charge is 0.257 e. The van der Waals surface area contributed by atoms with E-state index in [1.165, 1.54) is 19.6 Å². The van der Waals surface area contributed by atoms with Gasteiger partial charge < -0.3 is 24.1 Å². The lowest BCUT2D eigenvalue weighted by Crippen LogP contribution is -2.46. The van der Waals surface area contributed by atoms with Crippen LogP contribution in [0.5, 0.6) is 11.5 Å². The Morgan fingerprint density at radius 3 is 2.68 bits per heavy atom. The van der Waals surface area contributed by atoms with E-state index < -0.39 is 0 Å². The lowest BCUT2D eigenvalue weighted by molar-refractivity contribution is 0.0697. The fourth-order valence-electron chi connectivity index (χ4n) is 3.14. The minimum absolute atomic E-state index is 0.0172. The van der Waals surface area contributed by atoms with Crippen LogP contribution in [0.3, 0.4) is 0 Å². The van der Waals surface area contributed by atoms with Gasteiger partial charge in [0.05, 0.1) is 18.9 Å². The maximum Gasteiger partial charge on any atom is 0.257 e. The number of nitrogens with one attached hydrogen (secondary N) is 1. The van der Waals surface area contributed by atoms with Crippen LogP contribution in [0.25, 0.3) is 0 Å². The number of hydrogen-bond donors (Lipinski definition) is 1. The molecule has 0 atom stereocenters. The van der Waals surface area contributed by atoms with Gasteiger partial charge in [0.25, 0.3) is 11.8 Å². The molecule has 3 rings (SSSR count). The highest BCUT2D eigenvalue weighted by molar-refractivity contribution is 5.95. The van der Waals surface area contributed by atoms with Crippen LogP contribution in [0.1, 0.15) is 33.6 Å². The van der Waals surface area contributed by atoms with Crippen molar-refractivity contribution >= 4 is 11.8 Å². The summed E-state index contributed by atoms with van der Waals surface area (Å²) in [5.41, 5.74) is 1.05. The summed E-state index contributed by atoms with van der Waals surface area (Å²) in [5.74, 6) is 0.839. The van der Waals surface area contributed by atoms with Crippen molar-refractivity contribution < 1.29 is 23.5 Å². The first-order valence-electron chi connectivity index (χ1n) is 9.16. The zero-order chi connectivity index (χ0) is 19.9. The number of nitrogens with zero attached hydrogens (tertiary/aromatic N) is 1. The van der Waals surface area contributed by atoms with E-state index in [1.54, 1.807) is 35.2 Å². The molecular weight excluding hydrogens is 360 g/mol. The Kier molecular flexibility index (Phi) is 6.37. The van der Waals surface area contributed by atoms with E-state index in [4.69, 9.17) is 13.9 Å². The number of ether oxygens (including phenoxy) is 2. The maximum absolute atomic E-state index is 12.6. The number of benzene rings is 1. The number of furan rings is 1. The van der Waals surface area contributed by atoms with Crippen LogP contribution in [-0.2, 0) is 0 Å². The second-order valence-electron chi connectivity index (χ2n) is 6.52. The number of carbonyl (C=O) groups excluding carboxylic acids is 2. The second kappa shape index (κ2) is 9.12. The quantitative estimate of drug-likeness (QED) is 0.743. The minimum atomic E-state index is -0.173. The highest BCUT2D eigenvalue weighted by Gasteiger charge is 2.25. The average Bonchev–Trinajstić information content (AvgIpc) is 3.27. The fourth-order valence-corrected chi connectivity index (χ4v) is 3.14. The molecule has 0 unspecified atom stereocenters. The van der Waals surface area contributed by atoms with Gasteiger partial charge in [0.2, 0.25) is 0 Å². The van der Waals surface area contributed by atoms with E-state index in [-0.39, 0.29) is 17.9 Å². The molecular formula is C21H24N2O5. The van der Waals surface area contributed by atoms with Crippen LogP contribution in [0.2, 0.25) is 0 Å². The van der Waals surface area contributed by atoms with Gasteiger partial charge in [-0.05, 0) is 37.1 Å². The molecule has 1 saturated heterocycles. The number of carbonyl (C=O) groups is 2. The molecule has 0 aliphatic carbocycles. The fraction of sp³-hybridized carbons (Fsp3) is 0.333. The van der Waals surface area contributed by atoms with E-state index >= 15 is 0 Å². The van der Waals surface area contributed by atoms with Crippen molar-refractivity contribution in [2.75, 3.05) is 26.8 Å². The van der Waals surface area contributed by atoms with Crippen molar-refractivity contribution in [1.29, 1.82) is 0 Å². The highest BCUT2D eigenvalue weighted by atomic mass is 16.5. The summed E-state index contributed by atoms with van der Waals surface area (Å²) < 4.78 is 15.8. The van der Waals surface area contributed by atoms with Gasteiger partial charge in [-0.25, -0.2) is 0 Å². The lowest BCUT2D eigenvalue weighted by Gasteiger charge is -2.32. The molecule has 7 heteroatoms. The Balaban J connectivity index is 1.55. The number of rotatable bonds is 7. The zero-order valence-corrected chi connectivity index (χ0v) is 15.8. The monoisotopic (exact) mass is 384 g/mol. The molecule has 2 amide bonds. The predicted molar refractivity (Wildman–Crippen MR) is 104 cm³/mol. The molecule has 0 saturated carbocycles. The third-order valence-corrected chi connectivity index (χ3v) is 4.67. The van der Waals surface area contributed by atoms with Crippen molar-refractivity contribution in [3.63, 3.8) is 0 Å². The SMILES string of the molecule is C=CCOc1ccc(C(=O)NC2CCN(C(=O)c3ccoc3)CC2)cc1OC. The van der Waals surface area contributed by atoms with E-state index in [0.29, 0.717) is 55.2 Å². The number of likely N-dealkylation sites (tertiary alicyclic amines) is 1. The van der Waals surface area contributed by atoms with Crippen LogP contribution in [0.4, 0.5) is 0 Å². The average molecular weight is 384 g/mol. The molecule has 1 aliphatic heterocycles. The number of piperidine rings is 1. The van der Waals surface area contributed by atoms with E-state index in [1.807, 2.05) is 0 Å². The van der Waals surface area contributed by atoms with Crippen molar-refractivity contribution in [3.05, 3.63) is 60.6 Å².